The van der Waals surface area contributed by atoms with Gasteiger partial charge in [0.25, 0.3) is 0 Å². The number of unbranched alkanes of at least 4 members (excludes halogenated alkanes) is 2. The van der Waals surface area contributed by atoms with Crippen LogP contribution < -0.4 is 0 Å². The monoisotopic (exact) mass is 404 g/mol. The molecule has 0 fully saturated rings. The average molecular weight is 405 g/mol. The third-order valence-corrected chi connectivity index (χ3v) is 3.66. The predicted octanol–water partition coefficient (Wildman–Crippen LogP) is 6.15. The number of fused-ring (bicyclic) bond motifs is 1. The molecule has 3 rings (SSSR count). The highest BCUT2D eigenvalue weighted by molar-refractivity contribution is 5.83. The molecular formula is C20H32N6O3. The van der Waals surface area contributed by atoms with Gasteiger partial charge in [0, 0.05) is 29.0 Å². The summed E-state index contributed by atoms with van der Waals surface area (Å²) in [5, 5.41) is 24.3. The summed E-state index contributed by atoms with van der Waals surface area (Å²) >= 11 is 0. The van der Waals surface area contributed by atoms with E-state index in [4.69, 9.17) is 0 Å². The van der Waals surface area contributed by atoms with E-state index in [1.54, 1.807) is 18.5 Å². The first kappa shape index (κ1) is 25.9. The maximum Gasteiger partial charge on any atom is 0.348 e. The lowest BCUT2D eigenvalue weighted by Crippen LogP contribution is -2.01. The van der Waals surface area contributed by atoms with Crippen molar-refractivity contribution >= 4 is 11.3 Å². The quantitative estimate of drug-likeness (QED) is 0.300. The Morgan fingerprint density at radius 2 is 1.79 bits per heavy atom. The number of nitrogens with one attached hydrogen (secondary N) is 1. The Balaban J connectivity index is 0.000000752. The summed E-state index contributed by atoms with van der Waals surface area (Å²) in [5.41, 5.74) is 2.48. The average Bonchev–Trinajstić information content (AvgIpc) is 3.42. The molecule has 0 amide bonds. The smallest absolute Gasteiger partial charge is 0.348 e. The minimum Gasteiger partial charge on any atom is -0.358 e. The van der Waals surface area contributed by atoms with E-state index in [-0.39, 0.29) is 12.4 Å². The lowest BCUT2D eigenvalue weighted by atomic mass is 10.0. The zero-order valence-corrected chi connectivity index (χ0v) is 18.2. The number of aromatic nitrogens is 4. The van der Waals surface area contributed by atoms with Gasteiger partial charge in [-0.25, -0.2) is 0 Å². The SMILES string of the molecule is CC.CC.CCCCC.O=NCc1cnn2c([N+](=O)[O-])ccc2c1-c1cn[nH]c1. The molecular weight excluding hydrogens is 372 g/mol. The van der Waals surface area contributed by atoms with Crippen LogP contribution in [0.4, 0.5) is 5.82 Å². The molecule has 0 bridgehead atoms. The second kappa shape index (κ2) is 14.9. The largest absolute Gasteiger partial charge is 0.358 e. The molecule has 9 heteroatoms. The van der Waals surface area contributed by atoms with Crippen molar-refractivity contribution in [2.75, 3.05) is 0 Å². The fourth-order valence-corrected chi connectivity index (χ4v) is 2.49. The number of hydrogen-bond acceptors (Lipinski definition) is 6. The van der Waals surface area contributed by atoms with Gasteiger partial charge in [-0.1, -0.05) is 75.6 Å². The van der Waals surface area contributed by atoms with Crippen LogP contribution in [0.1, 0.15) is 66.4 Å². The standard InChI is InChI=1S/C11H8N6O3.C5H12.2C2H6/c18-15-6-8-5-14-16-9(1-2-10(16)17(19)20)11(8)7-3-12-13-4-7;1-3-5-4-2;2*1-2/h1-5H,6H2,(H,12,13);3-5H2,1-2H3;2*1-2H3. The van der Waals surface area contributed by atoms with Gasteiger partial charge in [-0.3, -0.25) is 5.10 Å². The Hall–Kier alpha value is -3.10. The Labute approximate surface area is 171 Å². The van der Waals surface area contributed by atoms with Crippen LogP contribution in [0, 0.1) is 15.0 Å². The van der Waals surface area contributed by atoms with Crippen LogP contribution in [0.25, 0.3) is 16.6 Å². The maximum absolute atomic E-state index is 10.9. The molecule has 0 radical (unpaired) electrons. The fraction of sp³-hybridized carbons (Fsp3) is 0.500. The third kappa shape index (κ3) is 7.10. The van der Waals surface area contributed by atoms with Crippen molar-refractivity contribution < 1.29 is 4.92 Å². The lowest BCUT2D eigenvalue weighted by molar-refractivity contribution is -0.390. The van der Waals surface area contributed by atoms with E-state index < -0.39 is 4.92 Å². The second-order valence-electron chi connectivity index (χ2n) is 5.42. The Bertz CT molecular complexity index is 841. The molecule has 1 N–H and O–H groups in total. The van der Waals surface area contributed by atoms with Gasteiger partial charge >= 0.3 is 5.82 Å². The van der Waals surface area contributed by atoms with E-state index in [9.17, 15) is 15.0 Å². The van der Waals surface area contributed by atoms with Crippen molar-refractivity contribution in [1.29, 1.82) is 0 Å². The normalized spacial score (nSPS) is 9.31. The van der Waals surface area contributed by atoms with E-state index in [0.29, 0.717) is 22.2 Å². The van der Waals surface area contributed by atoms with Crippen molar-refractivity contribution in [3.8, 4) is 11.1 Å². The number of aromatic amines is 1. The van der Waals surface area contributed by atoms with Crippen molar-refractivity contribution in [2.45, 2.75) is 67.3 Å². The molecule has 0 saturated carbocycles. The van der Waals surface area contributed by atoms with Crippen LogP contribution in [0.3, 0.4) is 0 Å². The first-order valence-corrected chi connectivity index (χ1v) is 10.1. The highest BCUT2D eigenvalue weighted by atomic mass is 16.6. The third-order valence-electron chi connectivity index (χ3n) is 3.66. The molecule has 0 saturated heterocycles. The minimum absolute atomic E-state index is 0.0665. The lowest BCUT2D eigenvalue weighted by Gasteiger charge is -2.04. The fourth-order valence-electron chi connectivity index (χ4n) is 2.49. The highest BCUT2D eigenvalue weighted by Crippen LogP contribution is 2.30. The van der Waals surface area contributed by atoms with Crippen molar-refractivity contribution in [1.82, 2.24) is 19.8 Å². The van der Waals surface area contributed by atoms with E-state index in [2.05, 4.69) is 34.3 Å². The molecule has 0 aliphatic carbocycles. The summed E-state index contributed by atoms with van der Waals surface area (Å²) in [5.74, 6) is -0.143. The number of rotatable bonds is 6. The first-order valence-electron chi connectivity index (χ1n) is 10.1. The van der Waals surface area contributed by atoms with Gasteiger partial charge in [0.2, 0.25) is 0 Å². The molecule has 0 aliphatic heterocycles. The van der Waals surface area contributed by atoms with Gasteiger partial charge in [0.15, 0.2) is 5.52 Å². The summed E-state index contributed by atoms with van der Waals surface area (Å²) in [7, 11) is 0. The van der Waals surface area contributed by atoms with Gasteiger partial charge < -0.3 is 10.1 Å². The van der Waals surface area contributed by atoms with Gasteiger partial charge in [-0.15, -0.1) is 0 Å². The maximum atomic E-state index is 10.9. The zero-order chi connectivity index (χ0) is 22.2. The van der Waals surface area contributed by atoms with Gasteiger partial charge in [-0.05, 0) is 11.0 Å². The summed E-state index contributed by atoms with van der Waals surface area (Å²) in [6.07, 6.45) is 8.70. The van der Waals surface area contributed by atoms with E-state index in [1.165, 1.54) is 36.0 Å². The topological polar surface area (TPSA) is 119 Å². The van der Waals surface area contributed by atoms with Gasteiger partial charge in [-0.2, -0.15) is 10.0 Å². The highest BCUT2D eigenvalue weighted by Gasteiger charge is 2.21. The Kier molecular flexibility index (Phi) is 13.3. The van der Waals surface area contributed by atoms with Crippen molar-refractivity contribution in [3.05, 3.63) is 51.3 Å². The van der Waals surface area contributed by atoms with Crippen LogP contribution in [0.15, 0.2) is 35.9 Å². The number of nitrogens with zero attached hydrogens (tertiary/aromatic N) is 5. The molecule has 0 unspecified atom stereocenters. The van der Waals surface area contributed by atoms with Crippen LogP contribution in [-0.4, -0.2) is 24.7 Å². The summed E-state index contributed by atoms with van der Waals surface area (Å²) in [6, 6.07) is 2.95. The van der Waals surface area contributed by atoms with E-state index in [1.807, 2.05) is 27.7 Å². The second-order valence-corrected chi connectivity index (χ2v) is 5.42. The number of nitro groups is 1. The molecule has 0 spiro atoms. The summed E-state index contributed by atoms with van der Waals surface area (Å²) in [4.78, 5) is 21.0. The molecule has 3 heterocycles. The Morgan fingerprint density at radius 1 is 1.14 bits per heavy atom. The van der Waals surface area contributed by atoms with Crippen molar-refractivity contribution in [3.63, 3.8) is 0 Å². The minimum atomic E-state index is -0.517. The van der Waals surface area contributed by atoms with Crippen LogP contribution >= 0.6 is 0 Å². The molecule has 0 aliphatic rings. The molecule has 9 nitrogen and oxygen atoms in total. The van der Waals surface area contributed by atoms with Gasteiger partial charge in [0.05, 0.1) is 12.4 Å². The van der Waals surface area contributed by atoms with Crippen LogP contribution in [0.2, 0.25) is 0 Å². The summed E-state index contributed by atoms with van der Waals surface area (Å²) < 4.78 is 1.22. The van der Waals surface area contributed by atoms with Crippen LogP contribution in [-0.2, 0) is 6.54 Å². The molecule has 3 aromatic heterocycles. The zero-order valence-electron chi connectivity index (χ0n) is 18.2. The van der Waals surface area contributed by atoms with E-state index >= 15 is 0 Å². The molecule has 3 aromatic rings. The Morgan fingerprint density at radius 3 is 2.24 bits per heavy atom. The molecule has 29 heavy (non-hydrogen) atoms. The molecule has 160 valence electrons. The molecule has 0 aromatic carbocycles. The summed E-state index contributed by atoms with van der Waals surface area (Å²) in [6.45, 7) is 12.4. The number of hydrogen-bond donors (Lipinski definition) is 1. The first-order chi connectivity index (χ1) is 14.1. The van der Waals surface area contributed by atoms with Gasteiger partial charge in [0.1, 0.15) is 6.54 Å². The number of nitroso groups, excluding NO2 is 1. The van der Waals surface area contributed by atoms with E-state index in [0.717, 1.165) is 0 Å². The molecule has 0 atom stereocenters. The van der Waals surface area contributed by atoms with Crippen molar-refractivity contribution in [2.24, 2.45) is 5.18 Å². The predicted molar refractivity (Wildman–Crippen MR) is 117 cm³/mol. The number of H-pyrrole nitrogens is 1. The van der Waals surface area contributed by atoms with Crippen LogP contribution in [0.5, 0.6) is 0 Å².